The smallest absolute Gasteiger partial charge is 0.251 e. The monoisotopic (exact) mass is 487 g/mol. The number of anilines is 2. The fourth-order valence-corrected chi connectivity index (χ4v) is 5.42. The second kappa shape index (κ2) is 11.2. The van der Waals surface area contributed by atoms with E-state index >= 15 is 0 Å². The van der Waals surface area contributed by atoms with Crippen LogP contribution >= 0.6 is 0 Å². The minimum Gasteiger partial charge on any atom is -0.497 e. The fourth-order valence-electron chi connectivity index (χ4n) is 5.42. The second-order valence-corrected chi connectivity index (χ2v) is 9.88. The number of nitrogens with zero attached hydrogens (tertiary/aromatic N) is 4. The molecule has 0 saturated carbocycles. The van der Waals surface area contributed by atoms with Gasteiger partial charge >= 0.3 is 0 Å². The average Bonchev–Trinajstić information content (AvgIpc) is 2.93. The molecule has 2 aliphatic heterocycles. The third-order valence-corrected chi connectivity index (χ3v) is 7.65. The van der Waals surface area contributed by atoms with Crippen LogP contribution in [0.2, 0.25) is 0 Å². The summed E-state index contributed by atoms with van der Waals surface area (Å²) in [6, 6.07) is 16.8. The van der Waals surface area contributed by atoms with Gasteiger partial charge in [-0.15, -0.1) is 0 Å². The van der Waals surface area contributed by atoms with Crippen LogP contribution in [0.5, 0.6) is 5.75 Å². The normalized spacial score (nSPS) is 18.9. The highest BCUT2D eigenvalue weighted by Gasteiger charge is 2.21. The van der Waals surface area contributed by atoms with E-state index in [1.54, 1.807) is 7.11 Å². The first-order valence-corrected chi connectivity index (χ1v) is 13.2. The molecule has 1 N–H and O–H groups in total. The van der Waals surface area contributed by atoms with Gasteiger partial charge in [-0.1, -0.05) is 12.5 Å². The maximum absolute atomic E-state index is 13.0. The summed E-state index contributed by atoms with van der Waals surface area (Å²) in [6.07, 6.45) is 5.69. The van der Waals surface area contributed by atoms with Gasteiger partial charge in [0, 0.05) is 68.1 Å². The predicted molar refractivity (Wildman–Crippen MR) is 146 cm³/mol. The van der Waals surface area contributed by atoms with Crippen LogP contribution in [0.3, 0.4) is 0 Å². The van der Waals surface area contributed by atoms with Crippen molar-refractivity contribution in [3.63, 3.8) is 0 Å². The van der Waals surface area contributed by atoms with Crippen molar-refractivity contribution >= 4 is 28.2 Å². The molecule has 7 heteroatoms. The standard InChI is InChI=1S/C29H37N5O2/c1-22-5-3-4-15-32(22)16-14-31-29(35)24-7-6-23-12-13-30-28(27(23)21-24)34-19-17-33(18-20-34)25-8-10-26(36-2)11-9-25/h6-13,21-22H,3-5,14-20H2,1-2H3,(H,31,35)/t22-/m1/s1. The number of piperazine rings is 1. The van der Waals surface area contributed by atoms with Gasteiger partial charge in [0.25, 0.3) is 5.91 Å². The van der Waals surface area contributed by atoms with E-state index in [0.717, 1.165) is 61.6 Å². The number of likely N-dealkylation sites (tertiary alicyclic amines) is 1. The molecule has 2 fully saturated rings. The Balaban J connectivity index is 1.24. The van der Waals surface area contributed by atoms with E-state index in [2.05, 4.69) is 39.1 Å². The number of fused-ring (bicyclic) bond motifs is 1. The Kier molecular flexibility index (Phi) is 7.56. The van der Waals surface area contributed by atoms with E-state index in [1.165, 1.54) is 24.9 Å². The van der Waals surface area contributed by atoms with Crippen LogP contribution in [0.4, 0.5) is 11.5 Å². The maximum atomic E-state index is 13.0. The number of hydrogen-bond donors (Lipinski definition) is 1. The van der Waals surface area contributed by atoms with Crippen molar-refractivity contribution in [1.82, 2.24) is 15.2 Å². The van der Waals surface area contributed by atoms with Crippen LogP contribution < -0.4 is 19.9 Å². The number of aromatic nitrogens is 1. The van der Waals surface area contributed by atoms with Gasteiger partial charge in [0.2, 0.25) is 0 Å². The molecule has 0 bridgehead atoms. The van der Waals surface area contributed by atoms with E-state index in [1.807, 2.05) is 42.6 Å². The quantitative estimate of drug-likeness (QED) is 0.540. The first-order valence-electron chi connectivity index (χ1n) is 13.2. The van der Waals surface area contributed by atoms with Crippen molar-refractivity contribution in [3.05, 3.63) is 60.3 Å². The summed E-state index contributed by atoms with van der Waals surface area (Å²) in [5.74, 6) is 1.82. The van der Waals surface area contributed by atoms with Gasteiger partial charge in [-0.2, -0.15) is 0 Å². The molecule has 0 aliphatic carbocycles. The molecule has 0 radical (unpaired) electrons. The molecule has 1 atom stereocenters. The van der Waals surface area contributed by atoms with Crippen LogP contribution in [0, 0.1) is 0 Å². The van der Waals surface area contributed by atoms with E-state index in [-0.39, 0.29) is 5.91 Å². The number of nitrogens with one attached hydrogen (secondary N) is 1. The number of benzene rings is 2. The lowest BCUT2D eigenvalue weighted by Crippen LogP contribution is -2.46. The van der Waals surface area contributed by atoms with Crippen LogP contribution in [-0.4, -0.2) is 74.8 Å². The van der Waals surface area contributed by atoms with Crippen molar-refractivity contribution in [2.45, 2.75) is 32.2 Å². The van der Waals surface area contributed by atoms with E-state index in [0.29, 0.717) is 18.2 Å². The van der Waals surface area contributed by atoms with E-state index in [9.17, 15) is 4.79 Å². The summed E-state index contributed by atoms with van der Waals surface area (Å²) >= 11 is 0. The Morgan fingerprint density at radius 1 is 1.00 bits per heavy atom. The molecule has 1 aromatic heterocycles. The number of amides is 1. The zero-order valence-electron chi connectivity index (χ0n) is 21.4. The van der Waals surface area contributed by atoms with Crippen molar-refractivity contribution in [3.8, 4) is 5.75 Å². The molecule has 7 nitrogen and oxygen atoms in total. The number of pyridine rings is 1. The molecule has 2 saturated heterocycles. The Bertz CT molecular complexity index is 1170. The molecule has 1 amide bonds. The molecule has 0 unspecified atom stereocenters. The second-order valence-electron chi connectivity index (χ2n) is 9.88. The van der Waals surface area contributed by atoms with Gasteiger partial charge in [0.1, 0.15) is 11.6 Å². The summed E-state index contributed by atoms with van der Waals surface area (Å²) in [6.45, 7) is 8.59. The Morgan fingerprint density at radius 2 is 1.78 bits per heavy atom. The summed E-state index contributed by atoms with van der Waals surface area (Å²) in [5.41, 5.74) is 1.90. The van der Waals surface area contributed by atoms with Crippen LogP contribution in [-0.2, 0) is 0 Å². The summed E-state index contributed by atoms with van der Waals surface area (Å²) in [7, 11) is 1.69. The van der Waals surface area contributed by atoms with E-state index < -0.39 is 0 Å². The number of hydrogen-bond acceptors (Lipinski definition) is 6. The lowest BCUT2D eigenvalue weighted by molar-refractivity contribution is 0.0938. The van der Waals surface area contributed by atoms with Crippen molar-refractivity contribution in [2.75, 3.05) is 62.7 Å². The number of methoxy groups -OCH3 is 1. The number of carbonyl (C=O) groups is 1. The van der Waals surface area contributed by atoms with Crippen LogP contribution in [0.15, 0.2) is 54.7 Å². The number of piperidine rings is 1. The first kappa shape index (κ1) is 24.4. The Morgan fingerprint density at radius 3 is 2.53 bits per heavy atom. The van der Waals surface area contributed by atoms with Gasteiger partial charge < -0.3 is 19.9 Å². The van der Waals surface area contributed by atoms with Gasteiger partial charge in [-0.25, -0.2) is 4.98 Å². The van der Waals surface area contributed by atoms with Gasteiger partial charge in [-0.05, 0) is 74.2 Å². The average molecular weight is 488 g/mol. The Labute approximate surface area is 214 Å². The largest absolute Gasteiger partial charge is 0.497 e. The molecule has 3 heterocycles. The predicted octanol–water partition coefficient (Wildman–Crippen LogP) is 4.17. The highest BCUT2D eigenvalue weighted by Crippen LogP contribution is 2.28. The minimum absolute atomic E-state index is 0.0132. The summed E-state index contributed by atoms with van der Waals surface area (Å²) in [4.78, 5) is 24.9. The summed E-state index contributed by atoms with van der Waals surface area (Å²) < 4.78 is 5.29. The SMILES string of the molecule is COc1ccc(N2CCN(c3nccc4ccc(C(=O)NCCN5CCCC[C@H]5C)cc34)CC2)cc1. The topological polar surface area (TPSA) is 60.9 Å². The molecule has 5 rings (SSSR count). The molecule has 0 spiro atoms. The molecule has 190 valence electrons. The highest BCUT2D eigenvalue weighted by molar-refractivity contribution is 6.01. The summed E-state index contributed by atoms with van der Waals surface area (Å²) in [5, 5.41) is 5.27. The van der Waals surface area contributed by atoms with Crippen LogP contribution in [0.25, 0.3) is 10.8 Å². The highest BCUT2D eigenvalue weighted by atomic mass is 16.5. The van der Waals surface area contributed by atoms with Gasteiger partial charge in [0.05, 0.1) is 7.11 Å². The third kappa shape index (κ3) is 5.41. The third-order valence-electron chi connectivity index (χ3n) is 7.65. The zero-order chi connectivity index (χ0) is 24.9. The minimum atomic E-state index is -0.0132. The number of carbonyl (C=O) groups excluding carboxylic acids is 1. The van der Waals surface area contributed by atoms with Crippen molar-refractivity contribution in [1.29, 1.82) is 0 Å². The molecule has 2 aromatic carbocycles. The number of rotatable bonds is 7. The zero-order valence-corrected chi connectivity index (χ0v) is 21.4. The van der Waals surface area contributed by atoms with Crippen LogP contribution in [0.1, 0.15) is 36.5 Å². The number of ether oxygens (including phenoxy) is 1. The maximum Gasteiger partial charge on any atom is 0.251 e. The fraction of sp³-hybridized carbons (Fsp3) is 0.448. The van der Waals surface area contributed by atoms with Gasteiger partial charge in [-0.3, -0.25) is 9.69 Å². The molecule has 3 aromatic rings. The molecule has 2 aliphatic rings. The lowest BCUT2D eigenvalue weighted by atomic mass is 10.0. The van der Waals surface area contributed by atoms with E-state index in [4.69, 9.17) is 9.72 Å². The molecule has 36 heavy (non-hydrogen) atoms. The molecular weight excluding hydrogens is 450 g/mol. The van der Waals surface area contributed by atoms with Gasteiger partial charge in [0.15, 0.2) is 0 Å². The molecular formula is C29H37N5O2. The first-order chi connectivity index (χ1) is 17.6. The van der Waals surface area contributed by atoms with Crippen molar-refractivity contribution in [2.24, 2.45) is 0 Å². The lowest BCUT2D eigenvalue weighted by Gasteiger charge is -2.37. The Hall–Kier alpha value is -3.32. The van der Waals surface area contributed by atoms with Crippen molar-refractivity contribution < 1.29 is 9.53 Å².